The number of amides is 2. The van der Waals surface area contributed by atoms with Crippen LogP contribution in [0.4, 0.5) is 4.79 Å². The Bertz CT molecular complexity index is 432. The number of likely N-dealkylation sites (tertiary alicyclic amines) is 1. The van der Waals surface area contributed by atoms with Crippen molar-refractivity contribution in [2.75, 3.05) is 26.3 Å². The van der Waals surface area contributed by atoms with Gasteiger partial charge in [0.25, 0.3) is 0 Å². The van der Waals surface area contributed by atoms with Crippen molar-refractivity contribution in [1.29, 1.82) is 0 Å². The Morgan fingerprint density at radius 3 is 2.57 bits per heavy atom. The van der Waals surface area contributed by atoms with Gasteiger partial charge in [0, 0.05) is 13.1 Å². The van der Waals surface area contributed by atoms with Crippen LogP contribution in [0.15, 0.2) is 0 Å². The zero-order valence-corrected chi connectivity index (χ0v) is 13.3. The molecule has 0 aromatic rings. The van der Waals surface area contributed by atoms with Crippen LogP contribution in [0.2, 0.25) is 0 Å². The molecular formula is C15H26N2O4. The first-order valence-corrected chi connectivity index (χ1v) is 7.51. The van der Waals surface area contributed by atoms with Crippen LogP contribution < -0.4 is 5.32 Å². The molecule has 0 bridgehead atoms. The Kier molecular flexibility index (Phi) is 4.19. The number of rotatable bonds is 2. The molecule has 2 aliphatic rings. The summed E-state index contributed by atoms with van der Waals surface area (Å²) in [5, 5.41) is 12.2. The van der Waals surface area contributed by atoms with Crippen LogP contribution >= 0.6 is 0 Å². The molecular weight excluding hydrogens is 272 g/mol. The van der Waals surface area contributed by atoms with Gasteiger partial charge in [-0.05, 0) is 24.7 Å². The van der Waals surface area contributed by atoms with Gasteiger partial charge < -0.3 is 20.1 Å². The third-order valence-electron chi connectivity index (χ3n) is 4.94. The normalized spacial score (nSPS) is 33.2. The van der Waals surface area contributed by atoms with E-state index in [9.17, 15) is 14.7 Å². The first kappa shape index (κ1) is 16.1. The summed E-state index contributed by atoms with van der Waals surface area (Å²) in [7, 11) is 0. The number of ether oxygens (including phenoxy) is 1. The summed E-state index contributed by atoms with van der Waals surface area (Å²) in [6.07, 6.45) is 0.994. The second-order valence-corrected chi connectivity index (χ2v) is 7.54. The number of hydrogen-bond donors (Lipinski definition) is 2. The van der Waals surface area contributed by atoms with Gasteiger partial charge in [-0.3, -0.25) is 4.79 Å². The lowest BCUT2D eigenvalue weighted by molar-refractivity contribution is -0.148. The lowest BCUT2D eigenvalue weighted by atomic mass is 9.80. The van der Waals surface area contributed by atoms with Crippen LogP contribution in [0, 0.1) is 16.7 Å². The molecule has 2 amide bonds. The number of carboxylic acids is 1. The van der Waals surface area contributed by atoms with Crippen molar-refractivity contribution in [3.8, 4) is 0 Å². The average molecular weight is 298 g/mol. The van der Waals surface area contributed by atoms with Gasteiger partial charge in [-0.15, -0.1) is 0 Å². The Morgan fingerprint density at radius 2 is 2.05 bits per heavy atom. The quantitative estimate of drug-likeness (QED) is 0.811. The maximum atomic E-state index is 12.4. The SMILES string of the molecule is CC(C)(C)C1CCN(C(=O)NC2COCC2(C)C(=O)O)C1. The maximum Gasteiger partial charge on any atom is 0.317 e. The number of carbonyl (C=O) groups excluding carboxylic acids is 1. The molecule has 2 aliphatic heterocycles. The lowest BCUT2D eigenvalue weighted by Crippen LogP contribution is -2.53. The fourth-order valence-electron chi connectivity index (χ4n) is 2.98. The van der Waals surface area contributed by atoms with Crippen LogP contribution in [0.1, 0.15) is 34.1 Å². The Labute approximate surface area is 125 Å². The van der Waals surface area contributed by atoms with Gasteiger partial charge in [-0.2, -0.15) is 0 Å². The minimum atomic E-state index is -1.04. The molecule has 6 nitrogen and oxygen atoms in total. The van der Waals surface area contributed by atoms with Crippen molar-refractivity contribution < 1.29 is 19.4 Å². The zero-order valence-electron chi connectivity index (χ0n) is 13.3. The molecule has 3 unspecified atom stereocenters. The van der Waals surface area contributed by atoms with E-state index in [4.69, 9.17) is 4.74 Å². The smallest absolute Gasteiger partial charge is 0.317 e. The van der Waals surface area contributed by atoms with E-state index < -0.39 is 17.4 Å². The predicted octanol–water partition coefficient (Wildman–Crippen LogP) is 1.55. The van der Waals surface area contributed by atoms with Crippen LogP contribution in [0.25, 0.3) is 0 Å². The van der Waals surface area contributed by atoms with Gasteiger partial charge in [-0.1, -0.05) is 20.8 Å². The van der Waals surface area contributed by atoms with Gasteiger partial charge in [-0.25, -0.2) is 4.79 Å². The number of hydrogen-bond acceptors (Lipinski definition) is 3. The molecule has 2 fully saturated rings. The molecule has 2 heterocycles. The molecule has 0 aromatic heterocycles. The van der Waals surface area contributed by atoms with Gasteiger partial charge >= 0.3 is 12.0 Å². The lowest BCUT2D eigenvalue weighted by Gasteiger charge is -2.29. The molecule has 0 aliphatic carbocycles. The van der Waals surface area contributed by atoms with Gasteiger partial charge in [0.2, 0.25) is 0 Å². The van der Waals surface area contributed by atoms with Crippen molar-refractivity contribution >= 4 is 12.0 Å². The number of aliphatic carboxylic acids is 1. The van der Waals surface area contributed by atoms with Crippen LogP contribution in [0.5, 0.6) is 0 Å². The van der Waals surface area contributed by atoms with E-state index >= 15 is 0 Å². The fourth-order valence-corrected chi connectivity index (χ4v) is 2.98. The van der Waals surface area contributed by atoms with Crippen molar-refractivity contribution in [3.05, 3.63) is 0 Å². The molecule has 0 spiro atoms. The number of urea groups is 1. The summed E-state index contributed by atoms with van der Waals surface area (Å²) in [5.41, 5.74) is -0.861. The highest BCUT2D eigenvalue weighted by atomic mass is 16.5. The zero-order chi connectivity index (χ0) is 15.8. The van der Waals surface area contributed by atoms with Gasteiger partial charge in [0.1, 0.15) is 5.41 Å². The van der Waals surface area contributed by atoms with Crippen LogP contribution in [-0.4, -0.2) is 54.4 Å². The van der Waals surface area contributed by atoms with Crippen molar-refractivity contribution in [3.63, 3.8) is 0 Å². The summed E-state index contributed by atoms with van der Waals surface area (Å²) in [5.74, 6) is -0.451. The molecule has 0 aromatic carbocycles. The number of nitrogens with one attached hydrogen (secondary N) is 1. The largest absolute Gasteiger partial charge is 0.481 e. The van der Waals surface area contributed by atoms with Gasteiger partial charge in [0.05, 0.1) is 19.3 Å². The van der Waals surface area contributed by atoms with Crippen molar-refractivity contribution in [2.45, 2.75) is 40.2 Å². The first-order chi connectivity index (χ1) is 9.64. The van der Waals surface area contributed by atoms with E-state index in [1.54, 1.807) is 11.8 Å². The molecule has 0 radical (unpaired) electrons. The highest BCUT2D eigenvalue weighted by Gasteiger charge is 2.48. The Hall–Kier alpha value is -1.30. The molecule has 2 rings (SSSR count). The van der Waals surface area contributed by atoms with E-state index in [1.807, 2.05) is 0 Å². The highest BCUT2D eigenvalue weighted by Crippen LogP contribution is 2.34. The summed E-state index contributed by atoms with van der Waals surface area (Å²) in [6.45, 7) is 10.0. The summed E-state index contributed by atoms with van der Waals surface area (Å²) < 4.78 is 5.26. The van der Waals surface area contributed by atoms with Crippen LogP contribution in [-0.2, 0) is 9.53 Å². The van der Waals surface area contributed by atoms with E-state index in [0.29, 0.717) is 5.92 Å². The monoisotopic (exact) mass is 298 g/mol. The Morgan fingerprint density at radius 1 is 1.38 bits per heavy atom. The average Bonchev–Trinajstić information content (AvgIpc) is 2.97. The second-order valence-electron chi connectivity index (χ2n) is 7.54. The number of carboxylic acid groups (broad SMARTS) is 1. The first-order valence-electron chi connectivity index (χ1n) is 7.51. The summed E-state index contributed by atoms with van der Waals surface area (Å²) >= 11 is 0. The second kappa shape index (κ2) is 5.48. The summed E-state index contributed by atoms with van der Waals surface area (Å²) in [6, 6.07) is -0.652. The van der Waals surface area contributed by atoms with Gasteiger partial charge in [0.15, 0.2) is 0 Å². The van der Waals surface area contributed by atoms with E-state index in [1.165, 1.54) is 0 Å². The number of nitrogens with zero attached hydrogens (tertiary/aromatic N) is 1. The predicted molar refractivity (Wildman–Crippen MR) is 78.0 cm³/mol. The Balaban J connectivity index is 1.95. The van der Waals surface area contributed by atoms with Crippen LogP contribution in [0.3, 0.4) is 0 Å². The minimum Gasteiger partial charge on any atom is -0.481 e. The third kappa shape index (κ3) is 3.15. The minimum absolute atomic E-state index is 0.137. The molecule has 0 saturated carbocycles. The molecule has 3 atom stereocenters. The molecule has 21 heavy (non-hydrogen) atoms. The summed E-state index contributed by atoms with van der Waals surface area (Å²) in [4.78, 5) is 25.5. The standard InChI is InChI=1S/C15H26N2O4/c1-14(2,3)10-5-6-17(7-10)13(20)16-11-8-21-9-15(11,4)12(18)19/h10-11H,5-9H2,1-4H3,(H,16,20)(H,18,19). The van der Waals surface area contributed by atoms with E-state index in [-0.39, 0.29) is 24.7 Å². The third-order valence-corrected chi connectivity index (χ3v) is 4.94. The van der Waals surface area contributed by atoms with E-state index in [0.717, 1.165) is 19.5 Å². The maximum absolute atomic E-state index is 12.4. The molecule has 120 valence electrons. The highest BCUT2D eigenvalue weighted by molar-refractivity contribution is 5.79. The van der Waals surface area contributed by atoms with Crippen molar-refractivity contribution in [1.82, 2.24) is 10.2 Å². The van der Waals surface area contributed by atoms with E-state index in [2.05, 4.69) is 26.1 Å². The number of carbonyl (C=O) groups is 2. The van der Waals surface area contributed by atoms with Crippen molar-refractivity contribution in [2.24, 2.45) is 16.7 Å². The topological polar surface area (TPSA) is 78.9 Å². The molecule has 2 saturated heterocycles. The molecule has 6 heteroatoms. The fraction of sp³-hybridized carbons (Fsp3) is 0.867. The molecule has 2 N–H and O–H groups in total.